The van der Waals surface area contributed by atoms with Crippen molar-refractivity contribution in [1.29, 1.82) is 0 Å². The highest BCUT2D eigenvalue weighted by molar-refractivity contribution is 14.1. The molecule has 1 saturated heterocycles. The molecule has 0 bridgehead atoms. The Morgan fingerprint density at radius 3 is 2.76 bits per heavy atom. The van der Waals surface area contributed by atoms with Crippen molar-refractivity contribution in [2.45, 2.75) is 50.5 Å². The first kappa shape index (κ1) is 23.4. The molecule has 0 amide bonds. The molecular weight excluding hydrogens is 493 g/mol. The van der Waals surface area contributed by atoms with Crippen molar-refractivity contribution < 1.29 is 28.8 Å². The van der Waals surface area contributed by atoms with E-state index in [2.05, 4.69) is 39.2 Å². The fourth-order valence-electron chi connectivity index (χ4n) is 2.81. The van der Waals surface area contributed by atoms with Gasteiger partial charge in [-0.2, -0.15) is 0 Å². The molecule has 158 valence electrons. The number of hydrogen-bond donors (Lipinski definition) is 1. The predicted molar refractivity (Wildman–Crippen MR) is 113 cm³/mol. The number of aliphatic hydroxyl groups is 1. The van der Waals surface area contributed by atoms with Gasteiger partial charge in [0.15, 0.2) is 6.10 Å². The van der Waals surface area contributed by atoms with Crippen LogP contribution < -0.4 is 4.74 Å². The molecule has 1 aliphatic rings. The van der Waals surface area contributed by atoms with Crippen molar-refractivity contribution in [2.24, 2.45) is 5.11 Å². The summed E-state index contributed by atoms with van der Waals surface area (Å²) in [5.74, 6) is 0.0403. The van der Waals surface area contributed by atoms with Crippen molar-refractivity contribution in [3.05, 3.63) is 50.9 Å². The van der Waals surface area contributed by atoms with Gasteiger partial charge in [-0.3, -0.25) is 4.79 Å². The molecule has 1 N–H and O–H groups in total. The van der Waals surface area contributed by atoms with Gasteiger partial charge in [-0.05, 0) is 58.8 Å². The van der Waals surface area contributed by atoms with Crippen LogP contribution >= 0.6 is 22.6 Å². The first-order valence-electron chi connectivity index (χ1n) is 9.18. The highest BCUT2D eigenvalue weighted by Gasteiger charge is 2.49. The Bertz CT molecular complexity index is 725. The molecule has 0 radical (unpaired) electrons. The lowest BCUT2D eigenvalue weighted by molar-refractivity contribution is -0.282. The molecule has 0 aromatic heterocycles. The highest BCUT2D eigenvalue weighted by atomic mass is 127. The van der Waals surface area contributed by atoms with Gasteiger partial charge in [-0.1, -0.05) is 18.1 Å². The van der Waals surface area contributed by atoms with E-state index in [1.165, 1.54) is 6.08 Å². The van der Waals surface area contributed by atoms with E-state index in [0.29, 0.717) is 12.2 Å². The monoisotopic (exact) mass is 517 g/mol. The van der Waals surface area contributed by atoms with Crippen molar-refractivity contribution in [3.8, 4) is 5.75 Å². The second kappa shape index (κ2) is 12.0. The van der Waals surface area contributed by atoms with Crippen LogP contribution in [0.4, 0.5) is 0 Å². The third-order valence-corrected chi connectivity index (χ3v) is 4.86. The molecule has 2 rings (SSSR count). The summed E-state index contributed by atoms with van der Waals surface area (Å²) >= 11 is 2.17. The van der Waals surface area contributed by atoms with E-state index in [4.69, 9.17) is 24.5 Å². The Labute approximate surface area is 182 Å². The van der Waals surface area contributed by atoms with Crippen LogP contribution in [0, 0.1) is 3.57 Å². The molecule has 1 aromatic carbocycles. The van der Waals surface area contributed by atoms with Crippen LogP contribution in [0.1, 0.15) is 19.8 Å². The molecule has 29 heavy (non-hydrogen) atoms. The lowest BCUT2D eigenvalue weighted by Gasteiger charge is -2.43. The van der Waals surface area contributed by atoms with Crippen molar-refractivity contribution in [3.63, 3.8) is 0 Å². The number of hydrogen-bond acceptors (Lipinski definition) is 7. The van der Waals surface area contributed by atoms with Gasteiger partial charge < -0.3 is 24.1 Å². The number of nitrogens with zero attached hydrogens (tertiary/aromatic N) is 3. The number of carbonyl (C=O) groups excluding carboxylic acids is 1. The van der Waals surface area contributed by atoms with Crippen LogP contribution in [0.25, 0.3) is 10.4 Å². The first-order chi connectivity index (χ1) is 14.0. The van der Waals surface area contributed by atoms with Crippen LogP contribution in [0.5, 0.6) is 5.75 Å². The predicted octanol–water partition coefficient (Wildman–Crippen LogP) is 3.35. The standard InChI is InChI=1S/C19H24IN3O6/c1-3-5-15(24)29-18-17(26-10-4-2)16(25)14(11-22-23-21)28-19(18)27-13-8-6-12(20)7-9-13/h4,6-9,14,16-19,25H,2-3,5,10-11H2,1H3/t14-,16-,17+,18-,19-/m1/s1. The minimum absolute atomic E-state index is 0.119. The van der Waals surface area contributed by atoms with Crippen molar-refractivity contribution in [2.75, 3.05) is 13.2 Å². The summed E-state index contributed by atoms with van der Waals surface area (Å²) in [5, 5.41) is 14.2. The maximum absolute atomic E-state index is 12.2. The zero-order chi connectivity index (χ0) is 21.2. The second-order valence-corrected chi connectivity index (χ2v) is 7.56. The van der Waals surface area contributed by atoms with Crippen molar-refractivity contribution in [1.82, 2.24) is 0 Å². The number of ether oxygens (including phenoxy) is 4. The molecule has 1 fully saturated rings. The molecule has 9 nitrogen and oxygen atoms in total. The maximum atomic E-state index is 12.2. The Balaban J connectivity index is 2.31. The van der Waals surface area contributed by atoms with E-state index < -0.39 is 36.7 Å². The number of carbonyl (C=O) groups is 1. The van der Waals surface area contributed by atoms with E-state index in [9.17, 15) is 9.90 Å². The lowest BCUT2D eigenvalue weighted by Crippen LogP contribution is -2.62. The summed E-state index contributed by atoms with van der Waals surface area (Å²) < 4.78 is 24.0. The first-order valence-corrected chi connectivity index (χ1v) is 10.3. The van der Waals surface area contributed by atoms with Gasteiger partial charge in [0.25, 0.3) is 0 Å². The molecule has 0 spiro atoms. The molecule has 10 heteroatoms. The van der Waals surface area contributed by atoms with Gasteiger partial charge in [0.1, 0.15) is 18.0 Å². The smallest absolute Gasteiger partial charge is 0.306 e. The second-order valence-electron chi connectivity index (χ2n) is 6.31. The minimum atomic E-state index is -1.20. The zero-order valence-corrected chi connectivity index (χ0v) is 18.2. The van der Waals surface area contributed by atoms with Gasteiger partial charge in [0, 0.05) is 14.9 Å². The van der Waals surface area contributed by atoms with Gasteiger partial charge in [0.05, 0.1) is 19.3 Å². The molecule has 1 aromatic rings. The SMILES string of the molecule is C=CCO[C@H]1[C@H](O)[C@@H](CN=[N+]=[N-])O[C@@H](Oc2ccc(I)cc2)[C@@H]1OC(=O)CCC. The summed E-state index contributed by atoms with van der Waals surface area (Å²) in [5.41, 5.74) is 8.62. The number of halogens is 1. The van der Waals surface area contributed by atoms with Crippen LogP contribution in [-0.4, -0.2) is 54.9 Å². The van der Waals surface area contributed by atoms with Crippen LogP contribution in [0.15, 0.2) is 42.0 Å². The van der Waals surface area contributed by atoms with E-state index in [-0.39, 0.29) is 19.6 Å². The molecular formula is C19H24IN3O6. The van der Waals surface area contributed by atoms with Crippen LogP contribution in [-0.2, 0) is 19.0 Å². The number of benzene rings is 1. The molecule has 1 heterocycles. The minimum Gasteiger partial charge on any atom is -0.461 e. The van der Waals surface area contributed by atoms with E-state index in [0.717, 1.165) is 3.57 Å². The third kappa shape index (κ3) is 6.86. The number of esters is 1. The number of azide groups is 1. The number of rotatable bonds is 10. The number of aliphatic hydroxyl groups excluding tert-OH is 1. The highest BCUT2D eigenvalue weighted by Crippen LogP contribution is 2.29. The normalized spacial score (nSPS) is 26.2. The third-order valence-electron chi connectivity index (χ3n) is 4.14. The van der Waals surface area contributed by atoms with Crippen molar-refractivity contribution >= 4 is 28.6 Å². The molecule has 0 saturated carbocycles. The van der Waals surface area contributed by atoms with E-state index in [1.807, 2.05) is 19.1 Å². The van der Waals surface area contributed by atoms with E-state index >= 15 is 0 Å². The van der Waals surface area contributed by atoms with Gasteiger partial charge in [-0.15, -0.1) is 6.58 Å². The summed E-state index contributed by atoms with van der Waals surface area (Å²) in [4.78, 5) is 14.9. The van der Waals surface area contributed by atoms with Gasteiger partial charge >= 0.3 is 5.97 Å². The van der Waals surface area contributed by atoms with Crippen LogP contribution in [0.3, 0.4) is 0 Å². The summed E-state index contributed by atoms with van der Waals surface area (Å²) in [6.07, 6.45) is -2.79. The Kier molecular flexibility index (Phi) is 9.68. The zero-order valence-electron chi connectivity index (χ0n) is 16.0. The van der Waals surface area contributed by atoms with E-state index in [1.54, 1.807) is 12.1 Å². The molecule has 5 atom stereocenters. The maximum Gasteiger partial charge on any atom is 0.306 e. The molecule has 0 aliphatic carbocycles. The summed E-state index contributed by atoms with van der Waals surface area (Å²) in [6, 6.07) is 7.22. The van der Waals surface area contributed by atoms with Gasteiger partial charge in [-0.25, -0.2) is 0 Å². The largest absolute Gasteiger partial charge is 0.461 e. The van der Waals surface area contributed by atoms with Crippen LogP contribution in [0.2, 0.25) is 0 Å². The average Bonchev–Trinajstić information content (AvgIpc) is 2.70. The Hall–Kier alpha value is -1.85. The molecule has 0 unspecified atom stereocenters. The Morgan fingerprint density at radius 1 is 1.41 bits per heavy atom. The quantitative estimate of drug-likeness (QED) is 0.127. The topological polar surface area (TPSA) is 123 Å². The average molecular weight is 517 g/mol. The van der Waals surface area contributed by atoms with Gasteiger partial charge in [0.2, 0.25) is 6.29 Å². The fourth-order valence-corrected chi connectivity index (χ4v) is 3.17. The summed E-state index contributed by atoms with van der Waals surface area (Å²) in [6.45, 7) is 5.45. The fraction of sp³-hybridized carbons (Fsp3) is 0.526. The lowest BCUT2D eigenvalue weighted by atomic mass is 9.98. The summed E-state index contributed by atoms with van der Waals surface area (Å²) in [7, 11) is 0. The molecule has 1 aliphatic heterocycles. The Morgan fingerprint density at radius 2 is 2.14 bits per heavy atom.